The number of piperazine rings is 1. The predicted molar refractivity (Wildman–Crippen MR) is 139 cm³/mol. The van der Waals surface area contributed by atoms with E-state index in [9.17, 15) is 4.79 Å². The highest BCUT2D eigenvalue weighted by atomic mass is 35.5. The highest BCUT2D eigenvalue weighted by Crippen LogP contribution is 2.30. The number of hydrogen-bond acceptors (Lipinski definition) is 8. The molecule has 1 aliphatic heterocycles. The Morgan fingerprint density at radius 1 is 1.14 bits per heavy atom. The van der Waals surface area contributed by atoms with Gasteiger partial charge in [-0.25, -0.2) is 15.0 Å². The van der Waals surface area contributed by atoms with Crippen molar-refractivity contribution in [3.63, 3.8) is 0 Å². The Morgan fingerprint density at radius 3 is 2.60 bits per heavy atom. The first-order valence-electron chi connectivity index (χ1n) is 11.3. The van der Waals surface area contributed by atoms with Gasteiger partial charge in [-0.2, -0.15) is 5.10 Å². The molecule has 0 radical (unpaired) electrons. The van der Waals surface area contributed by atoms with Crippen LogP contribution in [0.2, 0.25) is 5.02 Å². The average molecular weight is 511 g/mol. The SMILES string of the molecule is CC(=O)Nc1cc(-c2ncc(-c3ncn[nH]3)s2)ccn1.CC(c1ccc(Cl)cc1)N1CCNCC1. The van der Waals surface area contributed by atoms with Gasteiger partial charge in [-0.1, -0.05) is 23.7 Å². The predicted octanol–water partition coefficient (Wildman–Crippen LogP) is 4.25. The molecule has 1 atom stereocenters. The number of rotatable bonds is 5. The molecule has 0 spiro atoms. The van der Waals surface area contributed by atoms with Crippen molar-refractivity contribution in [1.29, 1.82) is 0 Å². The van der Waals surface area contributed by atoms with Crippen LogP contribution in [0.25, 0.3) is 21.3 Å². The summed E-state index contributed by atoms with van der Waals surface area (Å²) in [4.78, 5) is 27.0. The molecule has 1 aromatic carbocycles. The maximum absolute atomic E-state index is 11.0. The third-order valence-electron chi connectivity index (χ3n) is 5.52. The van der Waals surface area contributed by atoms with Gasteiger partial charge in [0.05, 0.1) is 4.88 Å². The largest absolute Gasteiger partial charge is 0.314 e. The van der Waals surface area contributed by atoms with Crippen LogP contribution in [0.5, 0.6) is 0 Å². The molecule has 182 valence electrons. The number of aromatic nitrogens is 5. The van der Waals surface area contributed by atoms with Crippen molar-refractivity contribution in [1.82, 2.24) is 35.4 Å². The number of amides is 1. The number of halogens is 1. The summed E-state index contributed by atoms with van der Waals surface area (Å²) in [5.41, 5.74) is 2.24. The standard InChI is InChI=1S/C12H17ClN2.C12H10N6OS/c1-10(15-8-6-14-7-9-15)11-2-4-12(13)5-3-11;1-7(19)17-10-4-8(2-3-13-10)12-14-5-9(20-12)11-15-6-16-18-11/h2-5,10,14H,6-9H2,1H3;2-6H,1H3,(H,13,17,19)(H,15,16,18). The Morgan fingerprint density at radius 2 is 1.91 bits per heavy atom. The number of thiazole rings is 1. The molecule has 3 aromatic heterocycles. The van der Waals surface area contributed by atoms with Crippen molar-refractivity contribution < 1.29 is 4.79 Å². The summed E-state index contributed by atoms with van der Waals surface area (Å²) < 4.78 is 0. The summed E-state index contributed by atoms with van der Waals surface area (Å²) in [7, 11) is 0. The second-order valence-electron chi connectivity index (χ2n) is 7.99. The summed E-state index contributed by atoms with van der Waals surface area (Å²) in [6, 6.07) is 12.3. The Hall–Kier alpha value is -3.18. The summed E-state index contributed by atoms with van der Waals surface area (Å²) in [5, 5.41) is 14.3. The van der Waals surface area contributed by atoms with E-state index in [4.69, 9.17) is 11.6 Å². The minimum atomic E-state index is -0.156. The lowest BCUT2D eigenvalue weighted by Crippen LogP contribution is -2.44. The number of carbonyl (C=O) groups is 1. The van der Waals surface area contributed by atoms with Crippen molar-refractivity contribution >= 4 is 34.7 Å². The lowest BCUT2D eigenvalue weighted by atomic mass is 10.1. The molecule has 4 aromatic rings. The van der Waals surface area contributed by atoms with Crippen LogP contribution in [-0.4, -0.2) is 62.1 Å². The molecule has 3 N–H and O–H groups in total. The zero-order valence-corrected chi connectivity index (χ0v) is 21.1. The number of carbonyl (C=O) groups excluding carboxylic acids is 1. The number of benzene rings is 1. The fraction of sp³-hybridized carbons (Fsp3) is 0.292. The van der Waals surface area contributed by atoms with Gasteiger partial charge in [-0.05, 0) is 36.8 Å². The molecule has 1 aliphatic rings. The van der Waals surface area contributed by atoms with Crippen LogP contribution in [0, 0.1) is 0 Å². The Labute approximate surface area is 213 Å². The molecule has 0 aliphatic carbocycles. The molecule has 0 bridgehead atoms. The van der Waals surface area contributed by atoms with Crippen LogP contribution in [0.1, 0.15) is 25.5 Å². The maximum Gasteiger partial charge on any atom is 0.222 e. The minimum Gasteiger partial charge on any atom is -0.314 e. The summed E-state index contributed by atoms with van der Waals surface area (Å²) >= 11 is 7.36. The molecule has 1 fully saturated rings. The van der Waals surface area contributed by atoms with E-state index >= 15 is 0 Å². The quantitative estimate of drug-likeness (QED) is 0.368. The van der Waals surface area contributed by atoms with Crippen LogP contribution in [0.3, 0.4) is 0 Å². The second-order valence-corrected chi connectivity index (χ2v) is 9.46. The number of nitrogens with zero attached hydrogens (tertiary/aromatic N) is 5. The van der Waals surface area contributed by atoms with Gasteiger partial charge in [0.25, 0.3) is 0 Å². The molecule has 11 heteroatoms. The van der Waals surface area contributed by atoms with Crippen molar-refractivity contribution in [2.24, 2.45) is 0 Å². The van der Waals surface area contributed by atoms with E-state index in [1.807, 2.05) is 18.2 Å². The molecule has 9 nitrogen and oxygen atoms in total. The third kappa shape index (κ3) is 6.92. The van der Waals surface area contributed by atoms with Crippen molar-refractivity contribution in [3.05, 3.63) is 65.7 Å². The topological polar surface area (TPSA) is 112 Å². The fourth-order valence-electron chi connectivity index (χ4n) is 3.68. The second kappa shape index (κ2) is 12.0. The Kier molecular flexibility index (Phi) is 8.54. The molecule has 1 unspecified atom stereocenters. The first kappa shape index (κ1) is 24.9. The molecule has 35 heavy (non-hydrogen) atoms. The molecular formula is C24H27ClN8OS. The lowest BCUT2D eigenvalue weighted by Gasteiger charge is -2.33. The van der Waals surface area contributed by atoms with Crippen LogP contribution >= 0.6 is 22.9 Å². The summed E-state index contributed by atoms with van der Waals surface area (Å²) in [5.74, 6) is 1.03. The zero-order chi connectivity index (χ0) is 24.6. The lowest BCUT2D eigenvalue weighted by molar-refractivity contribution is -0.114. The van der Waals surface area contributed by atoms with E-state index in [-0.39, 0.29) is 5.91 Å². The van der Waals surface area contributed by atoms with Crippen molar-refractivity contribution in [2.45, 2.75) is 19.9 Å². The van der Waals surface area contributed by atoms with E-state index in [0.717, 1.165) is 46.6 Å². The first-order valence-corrected chi connectivity index (χ1v) is 12.4. The van der Waals surface area contributed by atoms with E-state index in [2.05, 4.69) is 59.7 Å². The highest BCUT2D eigenvalue weighted by molar-refractivity contribution is 7.18. The highest BCUT2D eigenvalue weighted by Gasteiger charge is 2.17. The van der Waals surface area contributed by atoms with Gasteiger partial charge in [-0.15, -0.1) is 11.3 Å². The summed E-state index contributed by atoms with van der Waals surface area (Å²) in [6.45, 7) is 8.15. The summed E-state index contributed by atoms with van der Waals surface area (Å²) in [6.07, 6.45) is 4.82. The molecular weight excluding hydrogens is 484 g/mol. The number of nitrogens with one attached hydrogen (secondary N) is 3. The molecule has 1 saturated heterocycles. The first-order chi connectivity index (χ1) is 17.0. The zero-order valence-electron chi connectivity index (χ0n) is 19.5. The van der Waals surface area contributed by atoms with Crippen molar-refractivity contribution in [3.8, 4) is 21.3 Å². The van der Waals surface area contributed by atoms with Gasteiger partial charge in [0.1, 0.15) is 17.2 Å². The molecule has 0 saturated carbocycles. The minimum absolute atomic E-state index is 0.156. The number of hydrogen-bond donors (Lipinski definition) is 3. The van der Waals surface area contributed by atoms with Crippen LogP contribution in [-0.2, 0) is 4.79 Å². The van der Waals surface area contributed by atoms with Crippen molar-refractivity contribution in [2.75, 3.05) is 31.5 Å². The van der Waals surface area contributed by atoms with Crippen LogP contribution in [0.4, 0.5) is 5.82 Å². The average Bonchev–Trinajstić information content (AvgIpc) is 3.57. The van der Waals surface area contributed by atoms with E-state index in [1.54, 1.807) is 18.5 Å². The van der Waals surface area contributed by atoms with Crippen LogP contribution in [0.15, 0.2) is 55.1 Å². The van der Waals surface area contributed by atoms with Gasteiger partial charge in [0, 0.05) is 62.1 Å². The Balaban J connectivity index is 0.000000172. The smallest absolute Gasteiger partial charge is 0.222 e. The number of pyridine rings is 1. The van der Waals surface area contributed by atoms with E-state index < -0.39 is 0 Å². The molecule has 5 rings (SSSR count). The number of H-pyrrole nitrogens is 1. The monoisotopic (exact) mass is 510 g/mol. The van der Waals surface area contributed by atoms with E-state index in [0.29, 0.717) is 17.7 Å². The van der Waals surface area contributed by atoms with Gasteiger partial charge < -0.3 is 10.6 Å². The van der Waals surface area contributed by atoms with E-state index in [1.165, 1.54) is 30.2 Å². The van der Waals surface area contributed by atoms with Gasteiger partial charge >= 0.3 is 0 Å². The molecule has 4 heterocycles. The number of aromatic amines is 1. The Bertz CT molecular complexity index is 1220. The molecule has 1 amide bonds. The van der Waals surface area contributed by atoms with Gasteiger partial charge in [0.2, 0.25) is 5.91 Å². The van der Waals surface area contributed by atoms with Gasteiger partial charge in [0.15, 0.2) is 5.82 Å². The maximum atomic E-state index is 11.0. The fourth-order valence-corrected chi connectivity index (χ4v) is 4.66. The third-order valence-corrected chi connectivity index (χ3v) is 6.82. The normalized spacial score (nSPS) is 14.6. The van der Waals surface area contributed by atoms with Gasteiger partial charge in [-0.3, -0.25) is 14.8 Å². The van der Waals surface area contributed by atoms with Crippen LogP contribution < -0.4 is 10.6 Å². The number of anilines is 1.